The lowest BCUT2D eigenvalue weighted by atomic mass is 10.2. The predicted octanol–water partition coefficient (Wildman–Crippen LogP) is 1.43. The fourth-order valence-corrected chi connectivity index (χ4v) is 0.883. The third-order valence-electron chi connectivity index (χ3n) is 1.54. The van der Waals surface area contributed by atoms with Crippen LogP contribution in [-0.2, 0) is 6.54 Å². The van der Waals surface area contributed by atoms with Crippen LogP contribution in [0.15, 0.2) is 12.1 Å². The first-order valence-corrected chi connectivity index (χ1v) is 3.41. The molecule has 2 N–H and O–H groups in total. The summed E-state index contributed by atoms with van der Waals surface area (Å²) in [5.41, 5.74) is 5.31. The van der Waals surface area contributed by atoms with Crippen molar-refractivity contribution in [3.8, 4) is 5.75 Å². The topological polar surface area (TPSA) is 35.2 Å². The molecule has 0 aliphatic rings. The van der Waals surface area contributed by atoms with Crippen LogP contribution in [0.4, 0.5) is 8.78 Å². The maximum Gasteiger partial charge on any atom is 0.165 e. The molecule has 0 radical (unpaired) electrons. The molecule has 0 saturated carbocycles. The number of halogens is 2. The molecule has 0 spiro atoms. The number of methoxy groups -OCH3 is 1. The summed E-state index contributed by atoms with van der Waals surface area (Å²) < 4.78 is 30.3. The normalized spacial score (nSPS) is 10.0. The van der Waals surface area contributed by atoms with Crippen molar-refractivity contribution >= 4 is 0 Å². The fraction of sp³-hybridized carbons (Fsp3) is 0.250. The highest BCUT2D eigenvalue weighted by Crippen LogP contribution is 2.20. The average Bonchev–Trinajstić information content (AvgIpc) is 2.08. The van der Waals surface area contributed by atoms with E-state index in [4.69, 9.17) is 5.73 Å². The van der Waals surface area contributed by atoms with Crippen LogP contribution in [0, 0.1) is 11.6 Å². The van der Waals surface area contributed by atoms with Gasteiger partial charge < -0.3 is 10.5 Å². The summed E-state index contributed by atoms with van der Waals surface area (Å²) in [5.74, 6) is -1.25. The van der Waals surface area contributed by atoms with Crippen molar-refractivity contribution in [3.63, 3.8) is 0 Å². The van der Waals surface area contributed by atoms with Crippen LogP contribution in [-0.4, -0.2) is 7.11 Å². The molecule has 66 valence electrons. The quantitative estimate of drug-likeness (QED) is 0.734. The fourth-order valence-electron chi connectivity index (χ4n) is 0.883. The van der Waals surface area contributed by atoms with Gasteiger partial charge in [0, 0.05) is 18.2 Å². The molecule has 0 heterocycles. The van der Waals surface area contributed by atoms with Crippen LogP contribution in [0.3, 0.4) is 0 Å². The van der Waals surface area contributed by atoms with Gasteiger partial charge in [0.1, 0.15) is 5.82 Å². The van der Waals surface area contributed by atoms with Crippen molar-refractivity contribution in [2.24, 2.45) is 5.73 Å². The van der Waals surface area contributed by atoms with Crippen LogP contribution in [0.25, 0.3) is 0 Å². The predicted molar refractivity (Wildman–Crippen MR) is 40.8 cm³/mol. The van der Waals surface area contributed by atoms with Crippen molar-refractivity contribution in [3.05, 3.63) is 29.3 Å². The number of nitrogens with two attached hydrogens (primary N) is 1. The van der Waals surface area contributed by atoms with Crippen LogP contribution in [0.2, 0.25) is 0 Å². The Hall–Kier alpha value is -1.16. The Morgan fingerprint density at radius 3 is 2.50 bits per heavy atom. The zero-order valence-corrected chi connectivity index (χ0v) is 6.60. The van der Waals surface area contributed by atoms with Gasteiger partial charge in [-0.2, -0.15) is 0 Å². The van der Waals surface area contributed by atoms with Gasteiger partial charge in [-0.05, 0) is 6.07 Å². The highest BCUT2D eigenvalue weighted by molar-refractivity contribution is 5.30. The van der Waals surface area contributed by atoms with E-state index < -0.39 is 11.6 Å². The SMILES string of the molecule is COc1cc(F)c(CN)cc1F. The molecule has 0 fully saturated rings. The summed E-state index contributed by atoms with van der Waals surface area (Å²) in [7, 11) is 1.28. The molecule has 12 heavy (non-hydrogen) atoms. The monoisotopic (exact) mass is 173 g/mol. The Morgan fingerprint density at radius 2 is 2.00 bits per heavy atom. The van der Waals surface area contributed by atoms with Crippen LogP contribution in [0.5, 0.6) is 5.75 Å². The molecule has 0 aliphatic carbocycles. The van der Waals surface area contributed by atoms with Crippen molar-refractivity contribution in [2.45, 2.75) is 6.54 Å². The first kappa shape index (κ1) is 8.93. The molecule has 2 nitrogen and oxygen atoms in total. The minimum atomic E-state index is -0.598. The molecule has 0 amide bonds. The third-order valence-corrected chi connectivity index (χ3v) is 1.54. The van der Waals surface area contributed by atoms with E-state index in [1.165, 1.54) is 7.11 Å². The van der Waals surface area contributed by atoms with E-state index in [0.29, 0.717) is 0 Å². The Morgan fingerprint density at radius 1 is 1.33 bits per heavy atom. The molecule has 1 aromatic rings. The smallest absolute Gasteiger partial charge is 0.165 e. The van der Waals surface area contributed by atoms with Crippen LogP contribution >= 0.6 is 0 Å². The van der Waals surface area contributed by atoms with Gasteiger partial charge in [-0.1, -0.05) is 0 Å². The number of ether oxygens (including phenoxy) is 1. The number of benzene rings is 1. The first-order chi connectivity index (χ1) is 5.69. The molecule has 0 atom stereocenters. The average molecular weight is 173 g/mol. The first-order valence-electron chi connectivity index (χ1n) is 3.41. The lowest BCUT2D eigenvalue weighted by Crippen LogP contribution is -2.01. The van der Waals surface area contributed by atoms with Gasteiger partial charge >= 0.3 is 0 Å². The molecule has 0 unspecified atom stereocenters. The van der Waals surface area contributed by atoms with Crippen molar-refractivity contribution in [1.82, 2.24) is 0 Å². The molecule has 0 aliphatic heterocycles. The van der Waals surface area contributed by atoms with E-state index in [-0.39, 0.29) is 17.9 Å². The highest BCUT2D eigenvalue weighted by Gasteiger charge is 2.08. The molecular weight excluding hydrogens is 164 g/mol. The number of rotatable bonds is 2. The summed E-state index contributed by atoms with van der Waals surface area (Å²) in [4.78, 5) is 0. The molecule has 0 bridgehead atoms. The van der Waals surface area contributed by atoms with Gasteiger partial charge in [0.05, 0.1) is 7.11 Å². The van der Waals surface area contributed by atoms with Crippen LogP contribution < -0.4 is 10.5 Å². The summed E-state index contributed by atoms with van der Waals surface area (Å²) >= 11 is 0. The van der Waals surface area contributed by atoms with E-state index in [2.05, 4.69) is 4.74 Å². The van der Waals surface area contributed by atoms with Gasteiger partial charge in [0.15, 0.2) is 11.6 Å². The third kappa shape index (κ3) is 1.53. The van der Waals surface area contributed by atoms with Gasteiger partial charge in [-0.3, -0.25) is 0 Å². The minimum absolute atomic E-state index is 0.0211. The van der Waals surface area contributed by atoms with Gasteiger partial charge in [0.2, 0.25) is 0 Å². The summed E-state index contributed by atoms with van der Waals surface area (Å²) in [5, 5.41) is 0. The van der Waals surface area contributed by atoms with Gasteiger partial charge in [-0.15, -0.1) is 0 Å². The van der Waals surface area contributed by atoms with Crippen molar-refractivity contribution in [2.75, 3.05) is 7.11 Å². The van der Waals surface area contributed by atoms with E-state index in [1.807, 2.05) is 0 Å². The highest BCUT2D eigenvalue weighted by atomic mass is 19.1. The Balaban J connectivity index is 3.16. The standard InChI is InChI=1S/C8H9F2NO/c1-12-8-3-6(9)5(4-11)2-7(8)10/h2-3H,4,11H2,1H3. The van der Waals surface area contributed by atoms with E-state index in [1.54, 1.807) is 0 Å². The van der Waals surface area contributed by atoms with Crippen molar-refractivity contribution in [1.29, 1.82) is 0 Å². The number of hydrogen-bond acceptors (Lipinski definition) is 2. The maximum absolute atomic E-state index is 12.9. The molecule has 0 saturated heterocycles. The van der Waals surface area contributed by atoms with Crippen molar-refractivity contribution < 1.29 is 13.5 Å². The zero-order valence-electron chi connectivity index (χ0n) is 6.60. The summed E-state index contributed by atoms with van der Waals surface area (Å²) in [6.07, 6.45) is 0. The van der Waals surface area contributed by atoms with E-state index in [0.717, 1.165) is 12.1 Å². The zero-order chi connectivity index (χ0) is 9.14. The molecule has 0 aromatic heterocycles. The maximum atomic E-state index is 12.9. The summed E-state index contributed by atoms with van der Waals surface area (Å²) in [6.45, 7) is -0.0211. The Bertz CT molecular complexity index is 259. The molecular formula is C8H9F2NO. The van der Waals surface area contributed by atoms with Crippen LogP contribution in [0.1, 0.15) is 5.56 Å². The second kappa shape index (κ2) is 3.49. The second-order valence-corrected chi connectivity index (χ2v) is 2.28. The summed E-state index contributed by atoms with van der Waals surface area (Å²) in [6, 6.07) is 2.02. The molecule has 4 heteroatoms. The Kier molecular flexibility index (Phi) is 2.60. The number of hydrogen-bond donors (Lipinski definition) is 1. The second-order valence-electron chi connectivity index (χ2n) is 2.28. The lowest BCUT2D eigenvalue weighted by Gasteiger charge is -2.04. The van der Waals surface area contributed by atoms with Gasteiger partial charge in [0.25, 0.3) is 0 Å². The molecule has 1 aromatic carbocycles. The lowest BCUT2D eigenvalue weighted by molar-refractivity contribution is 0.382. The minimum Gasteiger partial charge on any atom is -0.494 e. The largest absolute Gasteiger partial charge is 0.494 e. The van der Waals surface area contributed by atoms with E-state index >= 15 is 0 Å². The van der Waals surface area contributed by atoms with Gasteiger partial charge in [-0.25, -0.2) is 8.78 Å². The van der Waals surface area contributed by atoms with E-state index in [9.17, 15) is 8.78 Å². The Labute approximate surface area is 68.9 Å². The molecule has 1 rings (SSSR count).